The van der Waals surface area contributed by atoms with Crippen molar-refractivity contribution in [2.24, 2.45) is 0 Å². The van der Waals surface area contributed by atoms with Crippen LogP contribution in [-0.4, -0.2) is 20.8 Å². The van der Waals surface area contributed by atoms with E-state index in [0.29, 0.717) is 0 Å². The van der Waals surface area contributed by atoms with Gasteiger partial charge in [-0.25, -0.2) is 4.39 Å². The summed E-state index contributed by atoms with van der Waals surface area (Å²) in [6.45, 7) is 0. The predicted octanol–water partition coefficient (Wildman–Crippen LogP) is 3.13. The summed E-state index contributed by atoms with van der Waals surface area (Å²) in [4.78, 5) is 11.6. The Morgan fingerprint density at radius 2 is 1.81 bits per heavy atom. The molecular weight excluding hydrogens is 277 g/mol. The first-order chi connectivity index (χ1) is 7.30. The molecule has 1 unspecified atom stereocenters. The summed E-state index contributed by atoms with van der Waals surface area (Å²) >= 11 is 16.2. The molecule has 0 bridgehead atoms. The van der Waals surface area contributed by atoms with Crippen LogP contribution in [0.15, 0.2) is 24.3 Å². The van der Waals surface area contributed by atoms with Gasteiger partial charge in [-0.3, -0.25) is 4.79 Å². The van der Waals surface area contributed by atoms with Gasteiger partial charge in [0.05, 0.1) is 0 Å². The third-order valence-corrected chi connectivity index (χ3v) is 2.68. The third-order valence-electron chi connectivity index (χ3n) is 1.92. The summed E-state index contributed by atoms with van der Waals surface area (Å²) in [5.41, 5.74) is 0.259. The van der Waals surface area contributed by atoms with Crippen molar-refractivity contribution in [2.75, 3.05) is 0 Å². The fraction of sp³-hybridized carbons (Fsp3) is 0.300. The van der Waals surface area contributed by atoms with Crippen LogP contribution in [0.3, 0.4) is 0 Å². The molecule has 6 heteroatoms. The molecule has 0 amide bonds. The lowest BCUT2D eigenvalue weighted by Gasteiger charge is -2.17. The second-order valence-corrected chi connectivity index (χ2v) is 5.56. The highest BCUT2D eigenvalue weighted by atomic mass is 35.6. The van der Waals surface area contributed by atoms with E-state index in [2.05, 4.69) is 0 Å². The van der Waals surface area contributed by atoms with Gasteiger partial charge >= 0.3 is 0 Å². The molecule has 88 valence electrons. The summed E-state index contributed by atoms with van der Waals surface area (Å²) in [5.74, 6) is -0.864. The van der Waals surface area contributed by atoms with E-state index < -0.39 is 21.5 Å². The SMILES string of the molecule is O=C(CC(O)C(Cl)(Cl)Cl)c1ccc(F)cc1. The number of rotatable bonds is 3. The summed E-state index contributed by atoms with van der Waals surface area (Å²) in [7, 11) is 0. The average Bonchev–Trinajstić information content (AvgIpc) is 2.17. The lowest BCUT2D eigenvalue weighted by molar-refractivity contribution is 0.0884. The van der Waals surface area contributed by atoms with Gasteiger partial charge in [0, 0.05) is 12.0 Å². The fourth-order valence-electron chi connectivity index (χ4n) is 1.04. The van der Waals surface area contributed by atoms with E-state index in [4.69, 9.17) is 34.8 Å². The first-order valence-corrected chi connectivity index (χ1v) is 5.47. The fourth-order valence-corrected chi connectivity index (χ4v) is 1.28. The molecule has 2 nitrogen and oxygen atoms in total. The first kappa shape index (κ1) is 13.7. The van der Waals surface area contributed by atoms with E-state index in [1.54, 1.807) is 0 Å². The lowest BCUT2D eigenvalue weighted by Crippen LogP contribution is -2.28. The Kier molecular flexibility index (Phi) is 4.56. The van der Waals surface area contributed by atoms with Crippen molar-refractivity contribution in [2.45, 2.75) is 16.3 Å². The second kappa shape index (κ2) is 5.32. The van der Waals surface area contributed by atoms with Crippen LogP contribution in [-0.2, 0) is 0 Å². The van der Waals surface area contributed by atoms with E-state index in [-0.39, 0.29) is 12.0 Å². The van der Waals surface area contributed by atoms with Gasteiger partial charge in [0.25, 0.3) is 0 Å². The Morgan fingerprint density at radius 1 is 1.31 bits per heavy atom. The number of hydrogen-bond acceptors (Lipinski definition) is 2. The van der Waals surface area contributed by atoms with Crippen LogP contribution in [0.5, 0.6) is 0 Å². The summed E-state index contributed by atoms with van der Waals surface area (Å²) < 4.78 is 10.7. The van der Waals surface area contributed by atoms with Crippen LogP contribution in [0.2, 0.25) is 0 Å². The molecule has 0 saturated carbocycles. The zero-order valence-corrected chi connectivity index (χ0v) is 10.2. The molecule has 1 N–H and O–H groups in total. The molecule has 0 aliphatic rings. The second-order valence-electron chi connectivity index (χ2n) is 3.19. The van der Waals surface area contributed by atoms with Crippen LogP contribution < -0.4 is 0 Å². The van der Waals surface area contributed by atoms with Gasteiger partial charge in [-0.2, -0.15) is 0 Å². The lowest BCUT2D eigenvalue weighted by atomic mass is 10.1. The maximum absolute atomic E-state index is 12.6. The zero-order chi connectivity index (χ0) is 12.3. The Balaban J connectivity index is 2.70. The van der Waals surface area contributed by atoms with Gasteiger partial charge in [-0.15, -0.1) is 0 Å². The number of hydrogen-bond donors (Lipinski definition) is 1. The van der Waals surface area contributed by atoms with Crippen molar-refractivity contribution < 1.29 is 14.3 Å². The molecule has 0 aliphatic heterocycles. The quantitative estimate of drug-likeness (QED) is 0.684. The molecule has 1 aromatic carbocycles. The highest BCUT2D eigenvalue weighted by Gasteiger charge is 2.32. The minimum absolute atomic E-state index is 0.259. The molecule has 0 fully saturated rings. The maximum Gasteiger partial charge on any atom is 0.216 e. The van der Waals surface area contributed by atoms with Gasteiger partial charge in [-0.1, -0.05) is 34.8 Å². The van der Waals surface area contributed by atoms with Crippen molar-refractivity contribution in [3.05, 3.63) is 35.6 Å². The molecular formula is C10H8Cl3FO2. The van der Waals surface area contributed by atoms with Crippen LogP contribution in [0, 0.1) is 5.82 Å². The Hall–Kier alpha value is -0.350. The average molecular weight is 286 g/mol. The van der Waals surface area contributed by atoms with Gasteiger partial charge < -0.3 is 5.11 Å². The number of alkyl halides is 3. The van der Waals surface area contributed by atoms with E-state index in [1.807, 2.05) is 0 Å². The molecule has 0 radical (unpaired) electrons. The number of ketones is 1. The largest absolute Gasteiger partial charge is 0.388 e. The summed E-state index contributed by atoms with van der Waals surface area (Å²) in [6, 6.07) is 4.91. The maximum atomic E-state index is 12.6. The first-order valence-electron chi connectivity index (χ1n) is 4.34. The topological polar surface area (TPSA) is 37.3 Å². The molecule has 0 heterocycles. The molecule has 0 saturated heterocycles. The number of benzene rings is 1. The number of carbonyl (C=O) groups is 1. The molecule has 1 aromatic rings. The Morgan fingerprint density at radius 3 is 2.25 bits per heavy atom. The summed E-state index contributed by atoms with van der Waals surface area (Å²) in [6.07, 6.45) is -1.72. The minimum Gasteiger partial charge on any atom is -0.388 e. The van der Waals surface area contributed by atoms with E-state index in [9.17, 15) is 14.3 Å². The number of halogens is 4. The van der Waals surface area contributed by atoms with Crippen molar-refractivity contribution >= 4 is 40.6 Å². The van der Waals surface area contributed by atoms with E-state index >= 15 is 0 Å². The van der Waals surface area contributed by atoms with Crippen LogP contribution in [0.25, 0.3) is 0 Å². The van der Waals surface area contributed by atoms with Crippen molar-refractivity contribution in [1.82, 2.24) is 0 Å². The highest BCUT2D eigenvalue weighted by Crippen LogP contribution is 2.32. The van der Waals surface area contributed by atoms with Gasteiger partial charge in [-0.05, 0) is 24.3 Å². The number of carbonyl (C=O) groups excluding carboxylic acids is 1. The molecule has 16 heavy (non-hydrogen) atoms. The normalized spacial score (nSPS) is 13.6. The van der Waals surface area contributed by atoms with E-state index in [0.717, 1.165) is 12.1 Å². The molecule has 1 rings (SSSR count). The van der Waals surface area contributed by atoms with Gasteiger partial charge in [0.1, 0.15) is 11.9 Å². The van der Waals surface area contributed by atoms with Crippen LogP contribution in [0.1, 0.15) is 16.8 Å². The number of aliphatic hydroxyl groups excluding tert-OH is 1. The summed E-state index contributed by atoms with van der Waals surface area (Å²) in [5, 5.41) is 9.38. The van der Waals surface area contributed by atoms with E-state index in [1.165, 1.54) is 12.1 Å². The van der Waals surface area contributed by atoms with Crippen molar-refractivity contribution in [1.29, 1.82) is 0 Å². The monoisotopic (exact) mass is 284 g/mol. The Labute approximate surface area is 107 Å². The predicted molar refractivity (Wildman–Crippen MR) is 61.6 cm³/mol. The Bertz CT molecular complexity index is 373. The highest BCUT2D eigenvalue weighted by molar-refractivity contribution is 6.68. The van der Waals surface area contributed by atoms with Crippen LogP contribution in [0.4, 0.5) is 4.39 Å². The standard InChI is InChI=1S/C10H8Cl3FO2/c11-10(12,13)9(16)5-8(15)6-1-3-7(14)4-2-6/h1-4,9,16H,5H2. The van der Waals surface area contributed by atoms with Crippen LogP contribution >= 0.6 is 34.8 Å². The minimum atomic E-state index is -1.91. The third kappa shape index (κ3) is 3.91. The number of Topliss-reactive ketones (excluding diaryl/α,β-unsaturated/α-hetero) is 1. The van der Waals surface area contributed by atoms with Crippen molar-refractivity contribution in [3.8, 4) is 0 Å². The van der Waals surface area contributed by atoms with Gasteiger partial charge in [0.2, 0.25) is 3.79 Å². The van der Waals surface area contributed by atoms with Gasteiger partial charge in [0.15, 0.2) is 5.78 Å². The zero-order valence-electron chi connectivity index (χ0n) is 7.96. The molecule has 1 atom stereocenters. The molecule has 0 spiro atoms. The smallest absolute Gasteiger partial charge is 0.216 e. The molecule has 0 aromatic heterocycles. The molecule has 0 aliphatic carbocycles. The van der Waals surface area contributed by atoms with Crippen molar-refractivity contribution in [3.63, 3.8) is 0 Å². The number of aliphatic hydroxyl groups is 1.